The van der Waals surface area contributed by atoms with Crippen molar-refractivity contribution in [2.75, 3.05) is 0 Å². The molecule has 3 heterocycles. The molecule has 0 aliphatic carbocycles. The minimum absolute atomic E-state index is 0.238. The molecular weight excluding hydrogens is 288 g/mol. The average Bonchev–Trinajstić information content (AvgIpc) is 2.83. The van der Waals surface area contributed by atoms with Crippen LogP contribution in [0.25, 0.3) is 16.2 Å². The van der Waals surface area contributed by atoms with Gasteiger partial charge in [0.25, 0.3) is 0 Å². The van der Waals surface area contributed by atoms with Gasteiger partial charge in [-0.15, -0.1) is 11.3 Å². The number of hydrogen-bond acceptors (Lipinski definition) is 3. The molecule has 80 valence electrons. The van der Waals surface area contributed by atoms with Crippen LogP contribution in [0.5, 0.6) is 5.75 Å². The lowest BCUT2D eigenvalue weighted by Gasteiger charge is -1.99. The van der Waals surface area contributed by atoms with Gasteiger partial charge in [-0.3, -0.25) is 4.40 Å². The van der Waals surface area contributed by atoms with Crippen LogP contribution in [0.3, 0.4) is 0 Å². The van der Waals surface area contributed by atoms with Gasteiger partial charge in [-0.05, 0) is 40.2 Å². The Labute approximate surface area is 104 Å². The summed E-state index contributed by atoms with van der Waals surface area (Å²) in [6.07, 6.45) is 3.47. The van der Waals surface area contributed by atoms with Crippen molar-refractivity contribution in [2.24, 2.45) is 0 Å². The summed E-state index contributed by atoms with van der Waals surface area (Å²) >= 11 is 5.05. The zero-order chi connectivity index (χ0) is 11.1. The van der Waals surface area contributed by atoms with E-state index in [0.717, 1.165) is 20.0 Å². The van der Waals surface area contributed by atoms with Crippen molar-refractivity contribution in [1.82, 2.24) is 9.38 Å². The van der Waals surface area contributed by atoms with Gasteiger partial charge in [-0.2, -0.15) is 0 Å². The Hall–Kier alpha value is -1.33. The first-order chi connectivity index (χ1) is 7.74. The molecule has 1 N–H and O–H groups in total. The molecule has 0 bridgehead atoms. The number of nitrogens with zero attached hydrogens (tertiary/aromatic N) is 2. The van der Waals surface area contributed by atoms with Crippen LogP contribution in [0, 0.1) is 0 Å². The Morgan fingerprint density at radius 2 is 2.12 bits per heavy atom. The van der Waals surface area contributed by atoms with Gasteiger partial charge in [0.05, 0.1) is 26.6 Å². The summed E-state index contributed by atoms with van der Waals surface area (Å²) in [5.41, 5.74) is 0.970. The second-order valence-electron chi connectivity index (χ2n) is 3.37. The summed E-state index contributed by atoms with van der Waals surface area (Å²) in [7, 11) is 0. The summed E-state index contributed by atoms with van der Waals surface area (Å²) in [5.74, 6) is 1.09. The molecule has 0 aromatic carbocycles. The summed E-state index contributed by atoms with van der Waals surface area (Å²) < 4.78 is 2.95. The van der Waals surface area contributed by atoms with Crippen LogP contribution in [-0.2, 0) is 0 Å². The monoisotopic (exact) mass is 294 g/mol. The van der Waals surface area contributed by atoms with E-state index in [0.29, 0.717) is 0 Å². The Bertz CT molecular complexity index is 659. The van der Waals surface area contributed by atoms with Crippen molar-refractivity contribution < 1.29 is 5.11 Å². The highest BCUT2D eigenvalue weighted by Crippen LogP contribution is 2.31. The Morgan fingerprint density at radius 1 is 1.25 bits per heavy atom. The molecule has 0 aliphatic heterocycles. The quantitative estimate of drug-likeness (QED) is 0.745. The standard InChI is InChI=1S/C11H7BrN2OS/c12-10-4-3-9(16-10)11-13-5-7-1-2-8(15)6-14(7)11/h1-6,15H. The minimum atomic E-state index is 0.238. The smallest absolute Gasteiger partial charge is 0.154 e. The lowest BCUT2D eigenvalue weighted by atomic mass is 10.4. The molecule has 3 nitrogen and oxygen atoms in total. The number of fused-ring (bicyclic) bond motifs is 1. The number of hydrogen-bond donors (Lipinski definition) is 1. The minimum Gasteiger partial charge on any atom is -0.506 e. The van der Waals surface area contributed by atoms with Crippen molar-refractivity contribution in [3.8, 4) is 16.5 Å². The van der Waals surface area contributed by atoms with E-state index in [4.69, 9.17) is 0 Å². The largest absolute Gasteiger partial charge is 0.506 e. The number of rotatable bonds is 1. The predicted molar refractivity (Wildman–Crippen MR) is 67.9 cm³/mol. The van der Waals surface area contributed by atoms with Gasteiger partial charge in [0.2, 0.25) is 0 Å². The fourth-order valence-electron chi connectivity index (χ4n) is 1.60. The van der Waals surface area contributed by atoms with Gasteiger partial charge in [-0.1, -0.05) is 0 Å². The third-order valence-corrected chi connectivity index (χ3v) is 3.92. The van der Waals surface area contributed by atoms with Crippen LogP contribution in [0.4, 0.5) is 0 Å². The number of imidazole rings is 1. The lowest BCUT2D eigenvalue weighted by molar-refractivity contribution is 0.472. The number of aromatic hydroxyl groups is 1. The molecular formula is C11H7BrN2OS. The zero-order valence-electron chi connectivity index (χ0n) is 8.09. The molecule has 0 amide bonds. The van der Waals surface area contributed by atoms with Gasteiger partial charge in [0.15, 0.2) is 5.82 Å². The molecule has 0 aliphatic rings. The third kappa shape index (κ3) is 1.52. The fraction of sp³-hybridized carbons (Fsp3) is 0. The van der Waals surface area contributed by atoms with E-state index in [1.807, 2.05) is 22.6 Å². The molecule has 3 aromatic rings. The fourth-order valence-corrected chi connectivity index (χ4v) is 2.98. The number of aromatic nitrogens is 2. The van der Waals surface area contributed by atoms with Crippen LogP contribution in [0.2, 0.25) is 0 Å². The molecule has 5 heteroatoms. The average molecular weight is 295 g/mol. The first-order valence-electron chi connectivity index (χ1n) is 4.66. The van der Waals surface area contributed by atoms with Crippen LogP contribution >= 0.6 is 27.3 Å². The molecule has 0 saturated heterocycles. The van der Waals surface area contributed by atoms with E-state index in [1.165, 1.54) is 0 Å². The van der Waals surface area contributed by atoms with Gasteiger partial charge >= 0.3 is 0 Å². The number of pyridine rings is 1. The highest BCUT2D eigenvalue weighted by atomic mass is 79.9. The van der Waals surface area contributed by atoms with E-state index in [1.54, 1.807) is 29.8 Å². The van der Waals surface area contributed by atoms with E-state index in [9.17, 15) is 5.11 Å². The second-order valence-corrected chi connectivity index (χ2v) is 5.83. The maximum atomic E-state index is 9.47. The maximum absolute atomic E-state index is 9.47. The summed E-state index contributed by atoms with van der Waals surface area (Å²) in [6, 6.07) is 7.50. The predicted octanol–water partition coefficient (Wildman–Crippen LogP) is 3.53. The molecule has 3 rings (SSSR count). The first-order valence-corrected chi connectivity index (χ1v) is 6.27. The van der Waals surface area contributed by atoms with E-state index < -0.39 is 0 Å². The summed E-state index contributed by atoms with van der Waals surface area (Å²) in [6.45, 7) is 0. The van der Waals surface area contributed by atoms with Gasteiger partial charge in [-0.25, -0.2) is 4.98 Å². The normalized spacial score (nSPS) is 11.1. The maximum Gasteiger partial charge on any atom is 0.154 e. The zero-order valence-corrected chi connectivity index (χ0v) is 10.5. The van der Waals surface area contributed by atoms with Crippen molar-refractivity contribution in [3.63, 3.8) is 0 Å². The van der Waals surface area contributed by atoms with Crippen LogP contribution in [0.15, 0.2) is 40.4 Å². The molecule has 16 heavy (non-hydrogen) atoms. The van der Waals surface area contributed by atoms with E-state index >= 15 is 0 Å². The van der Waals surface area contributed by atoms with Gasteiger partial charge < -0.3 is 5.11 Å². The van der Waals surface area contributed by atoms with E-state index in [-0.39, 0.29) is 5.75 Å². The Balaban J connectivity index is 2.27. The lowest BCUT2D eigenvalue weighted by Crippen LogP contribution is -1.86. The van der Waals surface area contributed by atoms with Crippen molar-refractivity contribution in [3.05, 3.63) is 40.4 Å². The van der Waals surface area contributed by atoms with Crippen LogP contribution in [0.1, 0.15) is 0 Å². The molecule has 0 fully saturated rings. The van der Waals surface area contributed by atoms with E-state index in [2.05, 4.69) is 20.9 Å². The SMILES string of the molecule is Oc1ccc2cnc(-c3ccc(Br)s3)n2c1. The van der Waals surface area contributed by atoms with Gasteiger partial charge in [0, 0.05) is 0 Å². The highest BCUT2D eigenvalue weighted by Gasteiger charge is 2.08. The van der Waals surface area contributed by atoms with Crippen molar-refractivity contribution in [1.29, 1.82) is 0 Å². The van der Waals surface area contributed by atoms with Crippen molar-refractivity contribution in [2.45, 2.75) is 0 Å². The third-order valence-electron chi connectivity index (χ3n) is 2.31. The number of thiophene rings is 1. The van der Waals surface area contributed by atoms with Crippen molar-refractivity contribution >= 4 is 32.8 Å². The molecule has 3 aromatic heterocycles. The highest BCUT2D eigenvalue weighted by molar-refractivity contribution is 9.11. The Morgan fingerprint density at radius 3 is 2.88 bits per heavy atom. The number of halogens is 1. The summed E-state index contributed by atoms with van der Waals surface area (Å²) in [4.78, 5) is 5.43. The van der Waals surface area contributed by atoms with Crippen LogP contribution < -0.4 is 0 Å². The molecule has 0 spiro atoms. The molecule has 0 saturated carbocycles. The van der Waals surface area contributed by atoms with Crippen LogP contribution in [-0.4, -0.2) is 14.5 Å². The second kappa shape index (κ2) is 3.61. The Kier molecular flexibility index (Phi) is 2.22. The topological polar surface area (TPSA) is 37.5 Å². The molecule has 0 atom stereocenters. The first kappa shape index (κ1) is 9.86. The molecule has 0 radical (unpaired) electrons. The van der Waals surface area contributed by atoms with Gasteiger partial charge in [0.1, 0.15) is 5.75 Å². The molecule has 0 unspecified atom stereocenters. The summed E-state index contributed by atoms with van der Waals surface area (Å²) in [5, 5.41) is 9.47.